The molecule has 1 aromatic carbocycles. The average Bonchev–Trinajstić information content (AvgIpc) is 3.21. The van der Waals surface area contributed by atoms with E-state index in [4.69, 9.17) is 5.73 Å². The number of benzene rings is 1. The summed E-state index contributed by atoms with van der Waals surface area (Å²) in [5.41, 5.74) is 6.90. The van der Waals surface area contributed by atoms with E-state index < -0.39 is 0 Å². The van der Waals surface area contributed by atoms with Gasteiger partial charge in [-0.05, 0) is 29.7 Å². The molecular weight excluding hydrogens is 222 g/mol. The van der Waals surface area contributed by atoms with Crippen LogP contribution in [0.25, 0.3) is 10.8 Å². The molecule has 1 fully saturated rings. The molecule has 0 unspecified atom stereocenters. The summed E-state index contributed by atoms with van der Waals surface area (Å²) in [6.45, 7) is 1.65. The van der Waals surface area contributed by atoms with Gasteiger partial charge in [0.05, 0.1) is 0 Å². The summed E-state index contributed by atoms with van der Waals surface area (Å²) in [5.74, 6) is 1.94. The molecule has 1 aliphatic rings. The maximum absolute atomic E-state index is 5.78. The topological polar surface area (TPSA) is 42.2 Å². The Hall–Kier alpha value is -1.61. The van der Waals surface area contributed by atoms with Crippen LogP contribution in [-0.2, 0) is 6.54 Å². The zero-order valence-electron chi connectivity index (χ0n) is 10.8. The first-order chi connectivity index (χ1) is 8.79. The van der Waals surface area contributed by atoms with Crippen molar-refractivity contribution in [3.8, 4) is 0 Å². The van der Waals surface area contributed by atoms with E-state index in [0.717, 1.165) is 23.8 Å². The minimum Gasteiger partial charge on any atom is -0.359 e. The number of nitrogens with two attached hydrogens (primary N) is 1. The van der Waals surface area contributed by atoms with Crippen molar-refractivity contribution in [2.45, 2.75) is 19.4 Å². The number of pyridine rings is 1. The van der Waals surface area contributed by atoms with Crippen molar-refractivity contribution in [1.29, 1.82) is 0 Å². The van der Waals surface area contributed by atoms with Gasteiger partial charge in [0.1, 0.15) is 5.82 Å². The normalized spacial score (nSPS) is 15.0. The monoisotopic (exact) mass is 241 g/mol. The minimum atomic E-state index is 0.542. The van der Waals surface area contributed by atoms with Crippen LogP contribution in [0.3, 0.4) is 0 Å². The number of fused-ring (bicyclic) bond motifs is 1. The lowest BCUT2D eigenvalue weighted by molar-refractivity contribution is 0.780. The lowest BCUT2D eigenvalue weighted by Gasteiger charge is -2.20. The van der Waals surface area contributed by atoms with Crippen LogP contribution in [0, 0.1) is 5.92 Å². The average molecular weight is 241 g/mol. The van der Waals surface area contributed by atoms with Crippen molar-refractivity contribution in [1.82, 2.24) is 4.98 Å². The van der Waals surface area contributed by atoms with Crippen LogP contribution >= 0.6 is 0 Å². The third kappa shape index (κ3) is 2.06. The van der Waals surface area contributed by atoms with Gasteiger partial charge >= 0.3 is 0 Å². The molecule has 3 heteroatoms. The largest absolute Gasteiger partial charge is 0.359 e. The van der Waals surface area contributed by atoms with Crippen molar-refractivity contribution in [3.05, 3.63) is 36.0 Å². The van der Waals surface area contributed by atoms with Crippen molar-refractivity contribution >= 4 is 16.6 Å². The molecule has 1 aromatic heterocycles. The molecular formula is C15H19N3. The van der Waals surface area contributed by atoms with E-state index in [9.17, 15) is 0 Å². The van der Waals surface area contributed by atoms with Gasteiger partial charge in [-0.25, -0.2) is 4.98 Å². The summed E-state index contributed by atoms with van der Waals surface area (Å²) >= 11 is 0. The fourth-order valence-corrected chi connectivity index (χ4v) is 2.48. The van der Waals surface area contributed by atoms with E-state index in [2.05, 4.69) is 41.2 Å². The molecule has 3 nitrogen and oxygen atoms in total. The molecule has 0 amide bonds. The standard InChI is InChI=1S/C15H19N3/c1-18(10-11-6-7-11)15-14-5-3-2-4-13(14)12(8-16)9-17-15/h2-5,9,11H,6-8,10,16H2,1H3. The van der Waals surface area contributed by atoms with E-state index in [1.807, 2.05) is 6.20 Å². The fourth-order valence-electron chi connectivity index (χ4n) is 2.48. The second-order valence-corrected chi connectivity index (χ2v) is 5.18. The second-order valence-electron chi connectivity index (χ2n) is 5.18. The van der Waals surface area contributed by atoms with Crippen LogP contribution in [0.1, 0.15) is 18.4 Å². The number of nitrogens with zero attached hydrogens (tertiary/aromatic N) is 2. The van der Waals surface area contributed by atoms with E-state index in [0.29, 0.717) is 6.54 Å². The molecule has 2 N–H and O–H groups in total. The predicted molar refractivity (Wildman–Crippen MR) is 75.6 cm³/mol. The molecule has 0 saturated heterocycles. The smallest absolute Gasteiger partial charge is 0.136 e. The summed E-state index contributed by atoms with van der Waals surface area (Å²) < 4.78 is 0. The number of hydrogen-bond acceptors (Lipinski definition) is 3. The van der Waals surface area contributed by atoms with Crippen molar-refractivity contribution < 1.29 is 0 Å². The van der Waals surface area contributed by atoms with E-state index >= 15 is 0 Å². The van der Waals surface area contributed by atoms with Gasteiger partial charge in [0, 0.05) is 31.7 Å². The molecule has 1 aliphatic carbocycles. The minimum absolute atomic E-state index is 0.542. The molecule has 18 heavy (non-hydrogen) atoms. The summed E-state index contributed by atoms with van der Waals surface area (Å²) in [4.78, 5) is 6.88. The first-order valence-corrected chi connectivity index (χ1v) is 6.57. The molecule has 0 atom stereocenters. The number of anilines is 1. The maximum Gasteiger partial charge on any atom is 0.136 e. The quantitative estimate of drug-likeness (QED) is 0.894. The van der Waals surface area contributed by atoms with Gasteiger partial charge < -0.3 is 10.6 Å². The second kappa shape index (κ2) is 4.58. The molecule has 94 valence electrons. The van der Waals surface area contributed by atoms with Gasteiger partial charge in [0.25, 0.3) is 0 Å². The molecule has 1 saturated carbocycles. The highest BCUT2D eigenvalue weighted by Gasteiger charge is 2.24. The summed E-state index contributed by atoms with van der Waals surface area (Å²) in [6, 6.07) is 8.40. The molecule has 2 aromatic rings. The van der Waals surface area contributed by atoms with Crippen LogP contribution in [0.4, 0.5) is 5.82 Å². The van der Waals surface area contributed by atoms with Gasteiger partial charge in [-0.15, -0.1) is 0 Å². The van der Waals surface area contributed by atoms with Crippen molar-refractivity contribution in [3.63, 3.8) is 0 Å². The third-order valence-corrected chi connectivity index (χ3v) is 3.67. The van der Waals surface area contributed by atoms with E-state index in [1.165, 1.54) is 23.6 Å². The van der Waals surface area contributed by atoms with Gasteiger partial charge in [-0.3, -0.25) is 0 Å². The molecule has 0 spiro atoms. The Morgan fingerprint density at radius 1 is 1.28 bits per heavy atom. The molecule has 0 bridgehead atoms. The Morgan fingerprint density at radius 2 is 2.00 bits per heavy atom. The Balaban J connectivity index is 2.05. The Kier molecular flexibility index (Phi) is 2.92. The number of rotatable bonds is 4. The van der Waals surface area contributed by atoms with Crippen molar-refractivity contribution in [2.75, 3.05) is 18.5 Å². The van der Waals surface area contributed by atoms with Crippen LogP contribution in [-0.4, -0.2) is 18.6 Å². The van der Waals surface area contributed by atoms with E-state index in [1.54, 1.807) is 0 Å². The van der Waals surface area contributed by atoms with E-state index in [-0.39, 0.29) is 0 Å². The SMILES string of the molecule is CN(CC1CC1)c1ncc(CN)c2ccccc12. The van der Waals surface area contributed by atoms with Gasteiger partial charge in [-0.1, -0.05) is 24.3 Å². The first-order valence-electron chi connectivity index (χ1n) is 6.57. The Morgan fingerprint density at radius 3 is 2.67 bits per heavy atom. The van der Waals surface area contributed by atoms with Gasteiger partial charge in [0.2, 0.25) is 0 Å². The first kappa shape index (κ1) is 11.5. The lowest BCUT2D eigenvalue weighted by Crippen LogP contribution is -2.21. The Labute approximate surface area is 108 Å². The Bertz CT molecular complexity index is 561. The van der Waals surface area contributed by atoms with Crippen molar-refractivity contribution in [2.24, 2.45) is 11.7 Å². The van der Waals surface area contributed by atoms with Crippen LogP contribution in [0.5, 0.6) is 0 Å². The molecule has 1 heterocycles. The predicted octanol–water partition coefficient (Wildman–Crippen LogP) is 2.54. The summed E-state index contributed by atoms with van der Waals surface area (Å²) in [6.07, 6.45) is 4.65. The zero-order chi connectivity index (χ0) is 12.5. The van der Waals surface area contributed by atoms with Crippen LogP contribution in [0.15, 0.2) is 30.5 Å². The number of aromatic nitrogens is 1. The highest BCUT2D eigenvalue weighted by atomic mass is 15.2. The summed E-state index contributed by atoms with van der Waals surface area (Å²) in [5, 5.41) is 2.44. The molecule has 0 radical (unpaired) electrons. The van der Waals surface area contributed by atoms with Gasteiger partial charge in [0.15, 0.2) is 0 Å². The zero-order valence-corrected chi connectivity index (χ0v) is 10.8. The molecule has 3 rings (SSSR count). The molecule has 0 aliphatic heterocycles. The maximum atomic E-state index is 5.78. The lowest BCUT2D eigenvalue weighted by atomic mass is 10.1. The third-order valence-electron chi connectivity index (χ3n) is 3.67. The van der Waals surface area contributed by atoms with Gasteiger partial charge in [-0.2, -0.15) is 0 Å². The number of hydrogen-bond donors (Lipinski definition) is 1. The summed E-state index contributed by atoms with van der Waals surface area (Å²) in [7, 11) is 2.13. The highest BCUT2D eigenvalue weighted by Crippen LogP contribution is 2.32. The van der Waals surface area contributed by atoms with Crippen LogP contribution in [0.2, 0.25) is 0 Å². The highest BCUT2D eigenvalue weighted by molar-refractivity contribution is 5.94. The fraction of sp³-hybridized carbons (Fsp3) is 0.400. The van der Waals surface area contributed by atoms with Crippen LogP contribution < -0.4 is 10.6 Å².